The molecule has 0 N–H and O–H groups in total. The van der Waals surface area contributed by atoms with Crippen LogP contribution in [0.4, 0.5) is 5.69 Å². The van der Waals surface area contributed by atoms with Gasteiger partial charge in [-0.1, -0.05) is 59.8 Å². The Morgan fingerprint density at radius 1 is 1.03 bits per heavy atom. The summed E-state index contributed by atoms with van der Waals surface area (Å²) in [6.45, 7) is 1.98. The van der Waals surface area contributed by atoms with Gasteiger partial charge in [-0.05, 0) is 42.6 Å². The number of carbonyl (C=O) groups is 2. The number of aromatic nitrogens is 2. The van der Waals surface area contributed by atoms with Crippen LogP contribution in [0.3, 0.4) is 0 Å². The Hall–Kier alpha value is -3.36. The van der Waals surface area contributed by atoms with E-state index in [1.165, 1.54) is 0 Å². The molecule has 7 nitrogen and oxygen atoms in total. The number of halogens is 1. The lowest BCUT2D eigenvalue weighted by atomic mass is 10.1. The Morgan fingerprint density at radius 2 is 1.79 bits per heavy atom. The lowest BCUT2D eigenvalue weighted by molar-refractivity contribution is -0.145. The predicted molar refractivity (Wildman–Crippen MR) is 128 cm³/mol. The van der Waals surface area contributed by atoms with E-state index in [1.54, 1.807) is 29.2 Å². The molecule has 0 spiro atoms. The third-order valence-electron chi connectivity index (χ3n) is 4.84. The van der Waals surface area contributed by atoms with E-state index < -0.39 is 5.97 Å². The summed E-state index contributed by atoms with van der Waals surface area (Å²) in [5.41, 5.74) is 1.51. The Morgan fingerprint density at radius 3 is 2.58 bits per heavy atom. The summed E-state index contributed by atoms with van der Waals surface area (Å²) in [7, 11) is 0. The first-order valence-corrected chi connectivity index (χ1v) is 11.6. The number of nitrogens with zero attached hydrogens (tertiary/aromatic N) is 3. The molecule has 0 bridgehead atoms. The van der Waals surface area contributed by atoms with Gasteiger partial charge in [0.2, 0.25) is 5.89 Å². The van der Waals surface area contributed by atoms with E-state index in [0.29, 0.717) is 17.5 Å². The highest BCUT2D eigenvalue weighted by Crippen LogP contribution is 2.27. The van der Waals surface area contributed by atoms with Gasteiger partial charge in [-0.25, -0.2) is 0 Å². The zero-order chi connectivity index (χ0) is 23.2. The van der Waals surface area contributed by atoms with E-state index in [-0.39, 0.29) is 23.5 Å². The van der Waals surface area contributed by atoms with E-state index in [1.807, 2.05) is 49.4 Å². The second-order valence-electron chi connectivity index (χ2n) is 6.97. The van der Waals surface area contributed by atoms with Crippen LogP contribution in [0, 0.1) is 0 Å². The molecule has 1 amide bonds. The van der Waals surface area contributed by atoms with E-state index >= 15 is 0 Å². The van der Waals surface area contributed by atoms with E-state index in [9.17, 15) is 9.59 Å². The summed E-state index contributed by atoms with van der Waals surface area (Å²) >= 11 is 6.93. The van der Waals surface area contributed by atoms with E-state index in [0.717, 1.165) is 33.8 Å². The van der Waals surface area contributed by atoms with Crippen molar-refractivity contribution in [2.75, 3.05) is 23.8 Å². The normalized spacial score (nSPS) is 10.8. The molecule has 0 atom stereocenters. The highest BCUT2D eigenvalue weighted by Gasteiger charge is 2.19. The Balaban J connectivity index is 1.32. The molecule has 0 radical (unpaired) electrons. The quantitative estimate of drug-likeness (QED) is 0.251. The molecule has 0 aliphatic carbocycles. The van der Waals surface area contributed by atoms with Crippen LogP contribution in [0.2, 0.25) is 5.02 Å². The van der Waals surface area contributed by atoms with Gasteiger partial charge in [-0.3, -0.25) is 9.59 Å². The minimum absolute atomic E-state index is 0.0596. The maximum atomic E-state index is 12.8. The minimum Gasteiger partial charge on any atom is -0.455 e. The van der Waals surface area contributed by atoms with Crippen molar-refractivity contribution in [3.05, 3.63) is 71.8 Å². The van der Waals surface area contributed by atoms with Gasteiger partial charge in [-0.15, -0.1) is 10.2 Å². The lowest BCUT2D eigenvalue weighted by Gasteiger charge is -2.22. The number of hydrogen-bond donors (Lipinski definition) is 0. The Labute approximate surface area is 199 Å². The third-order valence-corrected chi connectivity index (χ3v) is 5.89. The molecule has 0 fully saturated rings. The largest absolute Gasteiger partial charge is 0.455 e. The molecule has 168 valence electrons. The molecule has 4 rings (SSSR count). The van der Waals surface area contributed by atoms with Crippen molar-refractivity contribution < 1.29 is 18.7 Å². The average molecular weight is 482 g/mol. The minimum atomic E-state index is -0.548. The first-order valence-electron chi connectivity index (χ1n) is 10.2. The fourth-order valence-corrected chi connectivity index (χ4v) is 3.97. The molecule has 0 saturated carbocycles. The predicted octanol–water partition coefficient (Wildman–Crippen LogP) is 5.23. The molecule has 1 heterocycles. The number of likely N-dealkylation sites (N-methyl/N-ethyl adjacent to an activating group) is 1. The van der Waals surface area contributed by atoms with Crippen LogP contribution >= 0.6 is 23.4 Å². The zero-order valence-electron chi connectivity index (χ0n) is 17.7. The smallest absolute Gasteiger partial charge is 0.316 e. The summed E-state index contributed by atoms with van der Waals surface area (Å²) in [5.74, 6) is -0.578. The molecule has 0 unspecified atom stereocenters. The number of carbonyl (C=O) groups excluding carboxylic acids is 2. The standard InChI is InChI=1S/C24H20ClN3O4S/c1-2-28(20-9-5-7-16-6-3-4-8-19(16)20)21(29)14-31-22(30)15-33-24-27-26-23(32-24)17-10-12-18(25)13-11-17/h3-13H,2,14-15H2,1H3. The van der Waals surface area contributed by atoms with Gasteiger partial charge in [0.15, 0.2) is 6.61 Å². The van der Waals surface area contributed by atoms with Crippen LogP contribution in [0.25, 0.3) is 22.2 Å². The summed E-state index contributed by atoms with van der Waals surface area (Å²) in [6, 6.07) is 20.6. The summed E-state index contributed by atoms with van der Waals surface area (Å²) in [6.07, 6.45) is 0. The number of hydrogen-bond acceptors (Lipinski definition) is 7. The van der Waals surface area contributed by atoms with Gasteiger partial charge in [0.25, 0.3) is 11.1 Å². The van der Waals surface area contributed by atoms with Gasteiger partial charge in [0.1, 0.15) is 5.75 Å². The highest BCUT2D eigenvalue weighted by atomic mass is 35.5. The first-order chi connectivity index (χ1) is 16.0. The van der Waals surface area contributed by atoms with Crippen LogP contribution in [0.1, 0.15) is 6.92 Å². The number of anilines is 1. The van der Waals surface area contributed by atoms with Crippen LogP contribution in [-0.4, -0.2) is 41.0 Å². The molecule has 0 aliphatic rings. The number of ether oxygens (including phenoxy) is 1. The topological polar surface area (TPSA) is 85.5 Å². The van der Waals surface area contributed by atoms with E-state index in [2.05, 4.69) is 10.2 Å². The Kier molecular flexibility index (Phi) is 7.26. The van der Waals surface area contributed by atoms with Crippen molar-refractivity contribution in [1.29, 1.82) is 0 Å². The molecule has 3 aromatic carbocycles. The molecule has 4 aromatic rings. The van der Waals surface area contributed by atoms with Crippen molar-refractivity contribution in [3.63, 3.8) is 0 Å². The molecule has 0 aliphatic heterocycles. The zero-order valence-corrected chi connectivity index (χ0v) is 19.3. The van der Waals surface area contributed by atoms with Crippen LogP contribution in [0.15, 0.2) is 76.4 Å². The molecule has 33 heavy (non-hydrogen) atoms. The van der Waals surface area contributed by atoms with Crippen molar-refractivity contribution in [2.45, 2.75) is 12.1 Å². The number of fused-ring (bicyclic) bond motifs is 1. The van der Waals surface area contributed by atoms with Gasteiger partial charge in [0, 0.05) is 22.5 Å². The second-order valence-corrected chi connectivity index (χ2v) is 8.33. The summed E-state index contributed by atoms with van der Waals surface area (Å²) < 4.78 is 10.7. The maximum absolute atomic E-state index is 12.8. The molecule has 1 aromatic heterocycles. The number of benzene rings is 3. The fraction of sp³-hybridized carbons (Fsp3) is 0.167. The molecular formula is C24H20ClN3O4S. The van der Waals surface area contributed by atoms with Gasteiger partial charge >= 0.3 is 5.97 Å². The maximum Gasteiger partial charge on any atom is 0.316 e. The summed E-state index contributed by atoms with van der Waals surface area (Å²) in [5, 5.41) is 10.7. The van der Waals surface area contributed by atoms with Crippen LogP contribution in [-0.2, 0) is 14.3 Å². The van der Waals surface area contributed by atoms with E-state index in [4.69, 9.17) is 20.8 Å². The average Bonchev–Trinajstić information content (AvgIpc) is 3.31. The van der Waals surface area contributed by atoms with Gasteiger partial charge in [-0.2, -0.15) is 0 Å². The number of amides is 1. The SMILES string of the molecule is CCN(C(=O)COC(=O)CSc1nnc(-c2ccc(Cl)cc2)o1)c1cccc2ccccc12. The highest BCUT2D eigenvalue weighted by molar-refractivity contribution is 7.99. The number of thioether (sulfide) groups is 1. The number of esters is 1. The molecule has 0 saturated heterocycles. The lowest BCUT2D eigenvalue weighted by Crippen LogP contribution is -2.34. The van der Waals surface area contributed by atoms with Crippen molar-refractivity contribution >= 4 is 51.7 Å². The van der Waals surface area contributed by atoms with Crippen molar-refractivity contribution in [2.24, 2.45) is 0 Å². The summed E-state index contributed by atoms with van der Waals surface area (Å²) in [4.78, 5) is 26.6. The Bertz CT molecular complexity index is 1270. The van der Waals surface area contributed by atoms with Crippen molar-refractivity contribution in [1.82, 2.24) is 10.2 Å². The van der Waals surface area contributed by atoms with Crippen molar-refractivity contribution in [3.8, 4) is 11.5 Å². The molecule has 9 heteroatoms. The third kappa shape index (κ3) is 5.53. The van der Waals surface area contributed by atoms with Gasteiger partial charge in [0.05, 0.1) is 5.69 Å². The van der Waals surface area contributed by atoms with Gasteiger partial charge < -0.3 is 14.1 Å². The monoisotopic (exact) mass is 481 g/mol. The fourth-order valence-electron chi connectivity index (χ4n) is 3.28. The molecular weight excluding hydrogens is 462 g/mol. The number of rotatable bonds is 8. The first kappa shape index (κ1) is 22.8. The van der Waals surface area contributed by atoms with Crippen LogP contribution < -0.4 is 4.90 Å². The second kappa shape index (κ2) is 10.5. The van der Waals surface area contributed by atoms with Crippen LogP contribution in [0.5, 0.6) is 0 Å².